The summed E-state index contributed by atoms with van der Waals surface area (Å²) in [6.45, 7) is 2.50. The van der Waals surface area contributed by atoms with E-state index in [4.69, 9.17) is 5.73 Å². The zero-order chi connectivity index (χ0) is 8.65. The highest BCUT2D eigenvalue weighted by Gasteiger charge is 1.93. The molecule has 0 aromatic carbocycles. The molecule has 1 aliphatic rings. The van der Waals surface area contributed by atoms with E-state index in [0.717, 1.165) is 0 Å². The van der Waals surface area contributed by atoms with E-state index >= 15 is 0 Å². The van der Waals surface area contributed by atoms with Crippen molar-refractivity contribution in [3.8, 4) is 0 Å². The lowest BCUT2D eigenvalue weighted by molar-refractivity contribution is 0.857. The summed E-state index contributed by atoms with van der Waals surface area (Å²) in [6, 6.07) is 5.43. The number of nitrogens with one attached hydrogen (secondary N) is 1. The SMILES string of the molecule is C1CCNC1.Nc1ccccn1. The highest BCUT2D eigenvalue weighted by molar-refractivity contribution is 5.25. The molecule has 1 aliphatic heterocycles. The third-order valence-electron chi connectivity index (χ3n) is 1.64. The Labute approximate surface area is 73.0 Å². The molecule has 66 valence electrons. The van der Waals surface area contributed by atoms with Crippen LogP contribution in [0.25, 0.3) is 0 Å². The van der Waals surface area contributed by atoms with Crippen molar-refractivity contribution in [1.82, 2.24) is 10.3 Å². The summed E-state index contributed by atoms with van der Waals surface area (Å²) < 4.78 is 0. The Bertz CT molecular complexity index is 187. The van der Waals surface area contributed by atoms with Crippen LogP contribution in [0.1, 0.15) is 12.8 Å². The highest BCUT2D eigenvalue weighted by atomic mass is 14.9. The van der Waals surface area contributed by atoms with Crippen LogP contribution >= 0.6 is 0 Å². The van der Waals surface area contributed by atoms with Crippen LogP contribution < -0.4 is 11.1 Å². The van der Waals surface area contributed by atoms with Gasteiger partial charge in [0.1, 0.15) is 5.82 Å². The predicted molar refractivity (Wildman–Crippen MR) is 50.8 cm³/mol. The summed E-state index contributed by atoms with van der Waals surface area (Å²) in [5.41, 5.74) is 5.25. The second-order valence-corrected chi connectivity index (χ2v) is 2.71. The smallest absolute Gasteiger partial charge is 0.123 e. The molecule has 1 aromatic heterocycles. The van der Waals surface area contributed by atoms with Crippen LogP contribution in [0.15, 0.2) is 24.4 Å². The summed E-state index contributed by atoms with van der Waals surface area (Å²) in [6.07, 6.45) is 4.44. The third-order valence-corrected chi connectivity index (χ3v) is 1.64. The zero-order valence-electron chi connectivity index (χ0n) is 7.16. The summed E-state index contributed by atoms with van der Waals surface area (Å²) in [7, 11) is 0. The molecule has 2 rings (SSSR count). The number of anilines is 1. The maximum absolute atomic E-state index is 5.25. The summed E-state index contributed by atoms with van der Waals surface area (Å²) in [5, 5.41) is 3.22. The van der Waals surface area contributed by atoms with Crippen LogP contribution in [0.5, 0.6) is 0 Å². The van der Waals surface area contributed by atoms with Gasteiger partial charge in [0, 0.05) is 6.20 Å². The van der Waals surface area contributed by atoms with Gasteiger partial charge in [-0.25, -0.2) is 4.98 Å². The first-order valence-electron chi connectivity index (χ1n) is 4.27. The van der Waals surface area contributed by atoms with E-state index in [1.807, 2.05) is 12.1 Å². The Morgan fingerprint density at radius 2 is 2.00 bits per heavy atom. The van der Waals surface area contributed by atoms with Gasteiger partial charge in [0.25, 0.3) is 0 Å². The van der Waals surface area contributed by atoms with Gasteiger partial charge in [0.05, 0.1) is 0 Å². The van der Waals surface area contributed by atoms with E-state index in [-0.39, 0.29) is 0 Å². The van der Waals surface area contributed by atoms with Gasteiger partial charge in [0.15, 0.2) is 0 Å². The molecule has 3 nitrogen and oxygen atoms in total. The van der Waals surface area contributed by atoms with Crippen LogP contribution in [0.4, 0.5) is 5.82 Å². The summed E-state index contributed by atoms with van der Waals surface area (Å²) in [5.74, 6) is 0.572. The van der Waals surface area contributed by atoms with Crippen molar-refractivity contribution in [3.63, 3.8) is 0 Å². The number of hydrogen-bond donors (Lipinski definition) is 2. The van der Waals surface area contributed by atoms with Gasteiger partial charge < -0.3 is 11.1 Å². The predicted octanol–water partition coefficient (Wildman–Crippen LogP) is 1.03. The molecule has 0 amide bonds. The van der Waals surface area contributed by atoms with E-state index in [1.54, 1.807) is 12.3 Å². The molecule has 12 heavy (non-hydrogen) atoms. The largest absolute Gasteiger partial charge is 0.384 e. The molecule has 1 saturated heterocycles. The fourth-order valence-electron chi connectivity index (χ4n) is 1.00. The van der Waals surface area contributed by atoms with Gasteiger partial charge in [-0.1, -0.05) is 6.07 Å². The second kappa shape index (κ2) is 5.55. The molecule has 0 saturated carbocycles. The monoisotopic (exact) mass is 165 g/mol. The first-order chi connectivity index (χ1) is 5.89. The number of nitrogens with two attached hydrogens (primary N) is 1. The fourth-order valence-corrected chi connectivity index (χ4v) is 1.00. The number of hydrogen-bond acceptors (Lipinski definition) is 3. The normalized spacial score (nSPS) is 15.0. The number of pyridine rings is 1. The molecular weight excluding hydrogens is 150 g/mol. The Morgan fingerprint density at radius 3 is 2.25 bits per heavy atom. The number of nitrogens with zero attached hydrogens (tertiary/aromatic N) is 1. The average molecular weight is 165 g/mol. The maximum Gasteiger partial charge on any atom is 0.123 e. The van der Waals surface area contributed by atoms with Crippen molar-refractivity contribution in [1.29, 1.82) is 0 Å². The zero-order valence-corrected chi connectivity index (χ0v) is 7.16. The van der Waals surface area contributed by atoms with E-state index in [0.29, 0.717) is 5.82 Å². The Kier molecular flexibility index (Phi) is 4.16. The number of rotatable bonds is 0. The van der Waals surface area contributed by atoms with Crippen molar-refractivity contribution >= 4 is 5.82 Å². The first-order valence-corrected chi connectivity index (χ1v) is 4.27. The van der Waals surface area contributed by atoms with Crippen molar-refractivity contribution in [2.75, 3.05) is 18.8 Å². The van der Waals surface area contributed by atoms with Crippen LogP contribution in [0.2, 0.25) is 0 Å². The third kappa shape index (κ3) is 3.93. The van der Waals surface area contributed by atoms with E-state index in [2.05, 4.69) is 10.3 Å². The molecular formula is C9H15N3. The van der Waals surface area contributed by atoms with Crippen LogP contribution in [0.3, 0.4) is 0 Å². The van der Waals surface area contributed by atoms with Crippen LogP contribution in [0, 0.1) is 0 Å². The fraction of sp³-hybridized carbons (Fsp3) is 0.444. The molecule has 0 unspecified atom stereocenters. The lowest BCUT2D eigenvalue weighted by Gasteiger charge is -1.82. The average Bonchev–Trinajstić information content (AvgIpc) is 2.62. The molecule has 1 aromatic rings. The van der Waals surface area contributed by atoms with E-state index in [1.165, 1.54) is 25.9 Å². The minimum atomic E-state index is 0.572. The lowest BCUT2D eigenvalue weighted by Crippen LogP contribution is -2.03. The van der Waals surface area contributed by atoms with Gasteiger partial charge in [-0.05, 0) is 38.1 Å². The van der Waals surface area contributed by atoms with Crippen molar-refractivity contribution in [2.45, 2.75) is 12.8 Å². The molecule has 0 bridgehead atoms. The van der Waals surface area contributed by atoms with Gasteiger partial charge >= 0.3 is 0 Å². The van der Waals surface area contributed by atoms with Crippen LogP contribution in [-0.2, 0) is 0 Å². The Morgan fingerprint density at radius 1 is 1.25 bits per heavy atom. The Hall–Kier alpha value is -1.09. The quantitative estimate of drug-likeness (QED) is 0.603. The van der Waals surface area contributed by atoms with Gasteiger partial charge in [-0.15, -0.1) is 0 Å². The molecule has 0 aliphatic carbocycles. The van der Waals surface area contributed by atoms with Crippen molar-refractivity contribution < 1.29 is 0 Å². The van der Waals surface area contributed by atoms with Gasteiger partial charge in [-0.3, -0.25) is 0 Å². The minimum Gasteiger partial charge on any atom is -0.384 e. The topological polar surface area (TPSA) is 50.9 Å². The maximum atomic E-state index is 5.25. The molecule has 0 spiro atoms. The van der Waals surface area contributed by atoms with E-state index in [9.17, 15) is 0 Å². The Balaban J connectivity index is 0.000000127. The van der Waals surface area contributed by atoms with E-state index < -0.39 is 0 Å². The molecule has 0 radical (unpaired) electrons. The minimum absolute atomic E-state index is 0.572. The van der Waals surface area contributed by atoms with Crippen molar-refractivity contribution in [3.05, 3.63) is 24.4 Å². The van der Waals surface area contributed by atoms with Gasteiger partial charge in [-0.2, -0.15) is 0 Å². The molecule has 2 heterocycles. The molecule has 3 heteroatoms. The van der Waals surface area contributed by atoms with Crippen molar-refractivity contribution in [2.24, 2.45) is 0 Å². The number of aromatic nitrogens is 1. The first kappa shape index (κ1) is 9.00. The van der Waals surface area contributed by atoms with Crippen LogP contribution in [-0.4, -0.2) is 18.1 Å². The van der Waals surface area contributed by atoms with Gasteiger partial charge in [0.2, 0.25) is 0 Å². The molecule has 0 atom stereocenters. The molecule has 3 N–H and O–H groups in total. The summed E-state index contributed by atoms with van der Waals surface area (Å²) in [4.78, 5) is 3.76. The highest BCUT2D eigenvalue weighted by Crippen LogP contribution is 1.90. The number of nitrogen functional groups attached to an aromatic ring is 1. The molecule has 1 fully saturated rings. The second-order valence-electron chi connectivity index (χ2n) is 2.71. The standard InChI is InChI=1S/C5H6N2.C4H9N/c6-5-3-1-2-4-7-5;1-2-4-5-3-1/h1-4H,(H2,6,7);5H,1-4H2. The lowest BCUT2D eigenvalue weighted by atomic mass is 10.4. The summed E-state index contributed by atoms with van der Waals surface area (Å²) >= 11 is 0.